The molecule has 1 amide bonds. The predicted octanol–water partition coefficient (Wildman–Crippen LogP) is 3.19. The number of amides is 1. The van der Waals surface area contributed by atoms with Gasteiger partial charge < -0.3 is 19.7 Å². The summed E-state index contributed by atoms with van der Waals surface area (Å²) in [6.07, 6.45) is 0.858. The number of benzene rings is 1. The number of hydrogen-bond donors (Lipinski definition) is 1. The molecule has 1 N–H and O–H groups in total. The second-order valence-corrected chi connectivity index (χ2v) is 7.37. The van der Waals surface area contributed by atoms with E-state index in [0.717, 1.165) is 0 Å². The highest BCUT2D eigenvalue weighted by molar-refractivity contribution is 5.91. The summed E-state index contributed by atoms with van der Waals surface area (Å²) >= 11 is 0. The Morgan fingerprint density at radius 2 is 1.89 bits per heavy atom. The van der Waals surface area contributed by atoms with Crippen LogP contribution in [0.15, 0.2) is 18.2 Å². The molecule has 1 aromatic carbocycles. The lowest BCUT2D eigenvalue weighted by atomic mass is 10.0. The van der Waals surface area contributed by atoms with Crippen molar-refractivity contribution in [2.24, 2.45) is 0 Å². The van der Waals surface area contributed by atoms with E-state index in [1.807, 2.05) is 20.8 Å². The average Bonchev–Trinajstić information content (AvgIpc) is 2.59. The highest BCUT2D eigenvalue weighted by atomic mass is 16.6. The van der Waals surface area contributed by atoms with E-state index < -0.39 is 16.5 Å². The van der Waals surface area contributed by atoms with Crippen molar-refractivity contribution in [1.29, 1.82) is 0 Å². The standard InChI is InChI=1S/C18H25N3O6/c1-18(2,3)27-17(23)20-9-7-13(8-10-20)19-14-11-12(16(22)26-4)5-6-15(14)21(24)25/h5-6,11,13,19H,7-10H2,1-4H3. The number of carbonyl (C=O) groups is 2. The van der Waals surface area contributed by atoms with Gasteiger partial charge in [0.2, 0.25) is 0 Å². The van der Waals surface area contributed by atoms with Crippen LogP contribution in [0, 0.1) is 10.1 Å². The van der Waals surface area contributed by atoms with Gasteiger partial charge in [-0.15, -0.1) is 0 Å². The Bertz CT molecular complexity index is 720. The number of likely N-dealkylation sites (tertiary alicyclic amines) is 1. The molecule has 0 unspecified atom stereocenters. The summed E-state index contributed by atoms with van der Waals surface area (Å²) in [6, 6.07) is 4.00. The zero-order valence-corrected chi connectivity index (χ0v) is 16.0. The molecule has 9 nitrogen and oxygen atoms in total. The van der Waals surface area contributed by atoms with E-state index in [0.29, 0.717) is 25.9 Å². The molecule has 0 bridgehead atoms. The van der Waals surface area contributed by atoms with Gasteiger partial charge in [-0.25, -0.2) is 9.59 Å². The Balaban J connectivity index is 2.05. The van der Waals surface area contributed by atoms with Gasteiger partial charge in [-0.1, -0.05) is 0 Å². The molecule has 0 aliphatic carbocycles. The average molecular weight is 379 g/mol. The molecule has 1 aromatic rings. The van der Waals surface area contributed by atoms with Crippen LogP contribution in [0.5, 0.6) is 0 Å². The number of methoxy groups -OCH3 is 1. The number of nitrogens with one attached hydrogen (secondary N) is 1. The first kappa shape index (κ1) is 20.5. The van der Waals surface area contributed by atoms with Crippen LogP contribution >= 0.6 is 0 Å². The third-order valence-electron chi connectivity index (χ3n) is 4.12. The minimum absolute atomic E-state index is 0.0599. The quantitative estimate of drug-likeness (QED) is 0.486. The van der Waals surface area contributed by atoms with E-state index in [2.05, 4.69) is 10.1 Å². The number of nitrogens with zero attached hydrogens (tertiary/aromatic N) is 2. The first-order valence-corrected chi connectivity index (χ1v) is 8.72. The van der Waals surface area contributed by atoms with Crippen LogP contribution in [0.3, 0.4) is 0 Å². The van der Waals surface area contributed by atoms with Crippen LogP contribution in [-0.4, -0.2) is 53.7 Å². The van der Waals surface area contributed by atoms with E-state index in [-0.39, 0.29) is 29.1 Å². The fraction of sp³-hybridized carbons (Fsp3) is 0.556. The Hall–Kier alpha value is -2.84. The van der Waals surface area contributed by atoms with Crippen molar-refractivity contribution in [3.8, 4) is 0 Å². The number of anilines is 1. The molecular formula is C18H25N3O6. The molecule has 0 radical (unpaired) electrons. The largest absolute Gasteiger partial charge is 0.465 e. The SMILES string of the molecule is COC(=O)c1ccc([N+](=O)[O-])c(NC2CCN(C(=O)OC(C)(C)C)CC2)c1. The van der Waals surface area contributed by atoms with Gasteiger partial charge in [0.15, 0.2) is 0 Å². The number of piperidine rings is 1. The van der Waals surface area contributed by atoms with Gasteiger partial charge in [0.25, 0.3) is 5.69 Å². The molecule has 148 valence electrons. The van der Waals surface area contributed by atoms with E-state index >= 15 is 0 Å². The van der Waals surface area contributed by atoms with Crippen LogP contribution in [-0.2, 0) is 9.47 Å². The predicted molar refractivity (Wildman–Crippen MR) is 98.9 cm³/mol. The second kappa shape index (κ2) is 8.24. The number of rotatable bonds is 4. The van der Waals surface area contributed by atoms with Crippen LogP contribution in [0.4, 0.5) is 16.2 Å². The molecule has 9 heteroatoms. The molecule has 2 rings (SSSR count). The molecule has 1 saturated heterocycles. The minimum Gasteiger partial charge on any atom is -0.465 e. The monoisotopic (exact) mass is 379 g/mol. The fourth-order valence-electron chi connectivity index (χ4n) is 2.81. The molecule has 1 aliphatic heterocycles. The summed E-state index contributed by atoms with van der Waals surface area (Å²) in [7, 11) is 1.25. The van der Waals surface area contributed by atoms with Crippen LogP contribution in [0.2, 0.25) is 0 Å². The van der Waals surface area contributed by atoms with E-state index in [1.54, 1.807) is 4.90 Å². The number of nitro benzene ring substituents is 1. The van der Waals surface area contributed by atoms with Crippen molar-refractivity contribution < 1.29 is 24.0 Å². The Labute approximate surface area is 157 Å². The molecule has 0 saturated carbocycles. The van der Waals surface area contributed by atoms with Crippen molar-refractivity contribution in [2.45, 2.75) is 45.3 Å². The highest BCUT2D eigenvalue weighted by Crippen LogP contribution is 2.28. The molecular weight excluding hydrogens is 354 g/mol. The summed E-state index contributed by atoms with van der Waals surface area (Å²) < 4.78 is 10.0. The Morgan fingerprint density at radius 1 is 1.26 bits per heavy atom. The lowest BCUT2D eigenvalue weighted by Crippen LogP contribution is -2.44. The van der Waals surface area contributed by atoms with Gasteiger partial charge in [0.05, 0.1) is 17.6 Å². The van der Waals surface area contributed by atoms with Crippen LogP contribution in [0.1, 0.15) is 44.0 Å². The molecule has 1 heterocycles. The van der Waals surface area contributed by atoms with Crippen LogP contribution < -0.4 is 5.32 Å². The van der Waals surface area contributed by atoms with E-state index in [1.165, 1.54) is 25.3 Å². The van der Waals surface area contributed by atoms with E-state index in [9.17, 15) is 19.7 Å². The molecule has 0 aromatic heterocycles. The summed E-state index contributed by atoms with van der Waals surface area (Å²) in [5.41, 5.74) is -0.172. The first-order valence-electron chi connectivity index (χ1n) is 8.72. The Kier molecular flexibility index (Phi) is 6.24. The maximum atomic E-state index is 12.1. The minimum atomic E-state index is -0.562. The number of nitro groups is 1. The van der Waals surface area contributed by atoms with Gasteiger partial charge in [-0.2, -0.15) is 0 Å². The number of esters is 1. The molecule has 0 atom stereocenters. The Morgan fingerprint density at radius 3 is 2.41 bits per heavy atom. The van der Waals surface area contributed by atoms with Crippen molar-refractivity contribution in [1.82, 2.24) is 4.90 Å². The third-order valence-corrected chi connectivity index (χ3v) is 4.12. The number of hydrogen-bond acceptors (Lipinski definition) is 7. The van der Waals surface area contributed by atoms with Crippen molar-refractivity contribution in [3.05, 3.63) is 33.9 Å². The van der Waals surface area contributed by atoms with Crippen molar-refractivity contribution >= 4 is 23.4 Å². The zero-order chi connectivity index (χ0) is 20.2. The number of carbonyl (C=O) groups excluding carboxylic acids is 2. The maximum Gasteiger partial charge on any atom is 0.410 e. The topological polar surface area (TPSA) is 111 Å². The zero-order valence-electron chi connectivity index (χ0n) is 16.0. The van der Waals surface area contributed by atoms with Gasteiger partial charge in [0.1, 0.15) is 11.3 Å². The summed E-state index contributed by atoms with van der Waals surface area (Å²) in [5, 5.41) is 14.4. The molecule has 27 heavy (non-hydrogen) atoms. The fourth-order valence-corrected chi connectivity index (χ4v) is 2.81. The second-order valence-electron chi connectivity index (χ2n) is 7.37. The lowest BCUT2D eigenvalue weighted by Gasteiger charge is -2.34. The molecule has 1 fully saturated rings. The number of ether oxygens (including phenoxy) is 2. The van der Waals surface area contributed by atoms with Crippen molar-refractivity contribution in [3.63, 3.8) is 0 Å². The third kappa shape index (κ3) is 5.57. The summed E-state index contributed by atoms with van der Waals surface area (Å²) in [6.45, 7) is 6.40. The highest BCUT2D eigenvalue weighted by Gasteiger charge is 2.28. The van der Waals surface area contributed by atoms with Gasteiger partial charge >= 0.3 is 12.1 Å². The smallest absolute Gasteiger partial charge is 0.410 e. The van der Waals surface area contributed by atoms with E-state index in [4.69, 9.17) is 4.74 Å². The van der Waals surface area contributed by atoms with Gasteiger partial charge in [-0.3, -0.25) is 10.1 Å². The van der Waals surface area contributed by atoms with Gasteiger partial charge in [-0.05, 0) is 45.7 Å². The summed E-state index contributed by atoms with van der Waals surface area (Å²) in [5.74, 6) is -0.562. The molecule has 0 spiro atoms. The van der Waals surface area contributed by atoms with Crippen molar-refractivity contribution in [2.75, 3.05) is 25.5 Å². The normalized spacial score (nSPS) is 15.2. The van der Waals surface area contributed by atoms with Crippen LogP contribution in [0.25, 0.3) is 0 Å². The summed E-state index contributed by atoms with van der Waals surface area (Å²) in [4.78, 5) is 36.2. The lowest BCUT2D eigenvalue weighted by molar-refractivity contribution is -0.384. The molecule has 1 aliphatic rings. The maximum absolute atomic E-state index is 12.1. The van der Waals surface area contributed by atoms with Gasteiger partial charge in [0, 0.05) is 25.2 Å². The first-order chi connectivity index (χ1) is 12.6.